The topological polar surface area (TPSA) is 36.4 Å². The summed E-state index contributed by atoms with van der Waals surface area (Å²) in [6.07, 6.45) is 0. The summed E-state index contributed by atoms with van der Waals surface area (Å²) in [5, 5.41) is 8.81. The third kappa shape index (κ3) is 6.92. The van der Waals surface area contributed by atoms with Crippen molar-refractivity contribution in [1.82, 2.24) is 10.6 Å². The van der Waals surface area contributed by atoms with Crippen molar-refractivity contribution in [2.75, 3.05) is 19.6 Å². The summed E-state index contributed by atoms with van der Waals surface area (Å²) in [6, 6.07) is 4.29. The molecule has 2 N–H and O–H groups in total. The summed E-state index contributed by atoms with van der Waals surface area (Å²) >= 11 is 1.80. The number of hydrogen-bond acceptors (Lipinski definition) is 2. The van der Waals surface area contributed by atoms with E-state index < -0.39 is 0 Å². The molecule has 1 rings (SSSR count). The zero-order valence-electron chi connectivity index (χ0n) is 13.2. The Morgan fingerprint density at radius 1 is 1.35 bits per heavy atom. The molecule has 0 fully saturated rings. The highest BCUT2D eigenvalue weighted by Crippen LogP contribution is 2.27. The molecule has 0 unspecified atom stereocenters. The van der Waals surface area contributed by atoms with Crippen LogP contribution in [0.25, 0.3) is 0 Å². The Bertz CT molecular complexity index is 386. The fourth-order valence-electron chi connectivity index (χ4n) is 1.66. The lowest BCUT2D eigenvalue weighted by atomic mass is 9.92. The molecule has 0 spiro atoms. The van der Waals surface area contributed by atoms with Crippen LogP contribution in [-0.2, 0) is 5.41 Å². The highest BCUT2D eigenvalue weighted by molar-refractivity contribution is 14.0. The summed E-state index contributed by atoms with van der Waals surface area (Å²) in [5.41, 5.74) is 0.0916. The quantitative estimate of drug-likeness (QED) is 0.425. The molecule has 0 radical (unpaired) electrons. The monoisotopic (exact) mass is 409 g/mol. The molecule has 0 saturated heterocycles. The van der Waals surface area contributed by atoms with Crippen LogP contribution in [0.4, 0.5) is 0 Å². The minimum Gasteiger partial charge on any atom is -0.357 e. The van der Waals surface area contributed by atoms with Gasteiger partial charge in [-0.2, -0.15) is 0 Å². The lowest BCUT2D eigenvalue weighted by Gasteiger charge is -2.22. The first-order valence-electron chi connectivity index (χ1n) is 7.02. The molecule has 0 amide bonds. The molecule has 0 atom stereocenters. The number of guanidine groups is 1. The summed E-state index contributed by atoms with van der Waals surface area (Å²) in [7, 11) is 0. The Hall–Kier alpha value is -0.300. The van der Waals surface area contributed by atoms with E-state index >= 15 is 0 Å². The number of nitrogens with one attached hydrogen (secondary N) is 2. The average Bonchev–Trinajstić information content (AvgIpc) is 2.87. The molecule has 0 saturated carbocycles. The van der Waals surface area contributed by atoms with Crippen LogP contribution in [0.1, 0.15) is 39.5 Å². The predicted octanol–water partition coefficient (Wildman–Crippen LogP) is 3.85. The maximum Gasteiger partial charge on any atom is 0.191 e. The summed E-state index contributed by atoms with van der Waals surface area (Å²) in [4.78, 5) is 6.10. The van der Waals surface area contributed by atoms with E-state index in [1.165, 1.54) is 4.88 Å². The summed E-state index contributed by atoms with van der Waals surface area (Å²) in [6.45, 7) is 13.6. The van der Waals surface area contributed by atoms with Crippen molar-refractivity contribution < 1.29 is 0 Å². The van der Waals surface area contributed by atoms with Gasteiger partial charge in [-0.1, -0.05) is 33.8 Å². The Morgan fingerprint density at radius 2 is 2.05 bits per heavy atom. The molecule has 0 aliphatic rings. The van der Waals surface area contributed by atoms with Gasteiger partial charge in [0.15, 0.2) is 5.96 Å². The number of thiophene rings is 1. The van der Waals surface area contributed by atoms with Gasteiger partial charge in [0.05, 0.1) is 6.54 Å². The predicted molar refractivity (Wildman–Crippen MR) is 102 cm³/mol. The number of halogens is 1. The first-order valence-corrected chi connectivity index (χ1v) is 7.90. The molecular formula is C15H28IN3S. The van der Waals surface area contributed by atoms with Gasteiger partial charge >= 0.3 is 0 Å². The minimum atomic E-state index is 0. The molecule has 116 valence electrons. The van der Waals surface area contributed by atoms with Gasteiger partial charge in [-0.15, -0.1) is 35.3 Å². The second-order valence-corrected chi connectivity index (χ2v) is 6.78. The highest BCUT2D eigenvalue weighted by Gasteiger charge is 2.21. The fraction of sp³-hybridized carbons (Fsp3) is 0.667. The fourth-order valence-corrected chi connectivity index (χ4v) is 2.51. The lowest BCUT2D eigenvalue weighted by molar-refractivity contribution is 0.545. The molecule has 1 aromatic heterocycles. The number of rotatable bonds is 6. The van der Waals surface area contributed by atoms with Gasteiger partial charge in [0.25, 0.3) is 0 Å². The van der Waals surface area contributed by atoms with E-state index in [4.69, 9.17) is 4.99 Å². The van der Waals surface area contributed by atoms with Gasteiger partial charge < -0.3 is 10.6 Å². The number of hydrogen-bond donors (Lipinski definition) is 2. The van der Waals surface area contributed by atoms with Crippen molar-refractivity contribution in [2.24, 2.45) is 10.9 Å². The van der Waals surface area contributed by atoms with Gasteiger partial charge in [-0.05, 0) is 24.3 Å². The highest BCUT2D eigenvalue weighted by atomic mass is 127. The lowest BCUT2D eigenvalue weighted by Crippen LogP contribution is -2.40. The summed E-state index contributed by atoms with van der Waals surface area (Å²) < 4.78 is 0. The molecular weight excluding hydrogens is 381 g/mol. The van der Waals surface area contributed by atoms with Crippen LogP contribution in [-0.4, -0.2) is 25.6 Å². The van der Waals surface area contributed by atoms with Crippen LogP contribution in [0, 0.1) is 5.92 Å². The molecule has 1 aromatic rings. The van der Waals surface area contributed by atoms with Gasteiger partial charge in [-0.25, -0.2) is 0 Å². The zero-order chi connectivity index (χ0) is 14.3. The van der Waals surface area contributed by atoms with Crippen LogP contribution in [0.3, 0.4) is 0 Å². The number of nitrogens with zero attached hydrogens (tertiary/aromatic N) is 1. The third-order valence-electron chi connectivity index (χ3n) is 2.84. The van der Waals surface area contributed by atoms with E-state index in [2.05, 4.69) is 62.8 Å². The van der Waals surface area contributed by atoms with E-state index in [0.29, 0.717) is 5.92 Å². The van der Waals surface area contributed by atoms with Crippen LogP contribution in [0.15, 0.2) is 22.5 Å². The van der Waals surface area contributed by atoms with Gasteiger partial charge in [0.2, 0.25) is 0 Å². The van der Waals surface area contributed by atoms with Crippen molar-refractivity contribution in [2.45, 2.75) is 40.0 Å². The molecule has 1 heterocycles. The van der Waals surface area contributed by atoms with Crippen molar-refractivity contribution in [3.8, 4) is 0 Å². The first-order chi connectivity index (χ1) is 8.95. The molecule has 3 nitrogen and oxygen atoms in total. The van der Waals surface area contributed by atoms with Crippen LogP contribution >= 0.6 is 35.3 Å². The SMILES string of the molecule is CCNC(=NCC(C)(C)c1cccs1)NCC(C)C.I. The third-order valence-corrected chi connectivity index (χ3v) is 4.08. The molecule has 5 heteroatoms. The molecule has 0 aliphatic carbocycles. The molecule has 0 aromatic carbocycles. The second kappa shape index (κ2) is 9.60. The van der Waals surface area contributed by atoms with Crippen LogP contribution in [0.5, 0.6) is 0 Å². The average molecular weight is 409 g/mol. The summed E-state index contributed by atoms with van der Waals surface area (Å²) in [5.74, 6) is 1.54. The van der Waals surface area contributed by atoms with Crippen molar-refractivity contribution >= 4 is 41.3 Å². The van der Waals surface area contributed by atoms with E-state index in [9.17, 15) is 0 Å². The smallest absolute Gasteiger partial charge is 0.191 e. The second-order valence-electron chi connectivity index (χ2n) is 5.83. The van der Waals surface area contributed by atoms with E-state index in [1.54, 1.807) is 11.3 Å². The van der Waals surface area contributed by atoms with Crippen LogP contribution in [0.2, 0.25) is 0 Å². The maximum absolute atomic E-state index is 4.71. The Kier molecular flexibility index (Phi) is 9.46. The van der Waals surface area contributed by atoms with Gasteiger partial charge in [-0.3, -0.25) is 4.99 Å². The normalized spacial score (nSPS) is 12.2. The van der Waals surface area contributed by atoms with Crippen molar-refractivity contribution in [3.63, 3.8) is 0 Å². The Balaban J connectivity index is 0.00000361. The zero-order valence-corrected chi connectivity index (χ0v) is 16.3. The molecule has 0 aliphatic heterocycles. The minimum absolute atomic E-state index is 0. The van der Waals surface area contributed by atoms with Crippen molar-refractivity contribution in [1.29, 1.82) is 0 Å². The van der Waals surface area contributed by atoms with Gasteiger partial charge in [0.1, 0.15) is 0 Å². The Morgan fingerprint density at radius 3 is 2.55 bits per heavy atom. The first kappa shape index (κ1) is 19.7. The van der Waals surface area contributed by atoms with Crippen LogP contribution < -0.4 is 10.6 Å². The van der Waals surface area contributed by atoms with Gasteiger partial charge in [0, 0.05) is 23.4 Å². The van der Waals surface area contributed by atoms with Crippen molar-refractivity contribution in [3.05, 3.63) is 22.4 Å². The molecule has 20 heavy (non-hydrogen) atoms. The van der Waals surface area contributed by atoms with E-state index in [0.717, 1.165) is 25.6 Å². The number of aliphatic imine (C=N–C) groups is 1. The van der Waals surface area contributed by atoms with E-state index in [1.807, 2.05) is 0 Å². The van der Waals surface area contributed by atoms with E-state index in [-0.39, 0.29) is 29.4 Å². The maximum atomic E-state index is 4.71. The molecule has 0 bridgehead atoms. The Labute approximate surface area is 144 Å². The standard InChI is InChI=1S/C15H27N3S.HI/c1-6-16-14(17-10-12(2)3)18-11-15(4,5)13-8-7-9-19-13;/h7-9,12H,6,10-11H2,1-5H3,(H2,16,17,18);1H. The largest absolute Gasteiger partial charge is 0.357 e.